The second-order valence-corrected chi connectivity index (χ2v) is 5.87. The van der Waals surface area contributed by atoms with Gasteiger partial charge in [0.05, 0.1) is 13.2 Å². The van der Waals surface area contributed by atoms with Crippen LogP contribution in [0.4, 0.5) is 4.39 Å². The first-order valence-corrected chi connectivity index (χ1v) is 7.91. The van der Waals surface area contributed by atoms with Crippen molar-refractivity contribution >= 4 is 23.5 Å². The van der Waals surface area contributed by atoms with Crippen LogP contribution >= 0.6 is 11.6 Å². The number of carboxylic acids is 1. The summed E-state index contributed by atoms with van der Waals surface area (Å²) in [7, 11) is 0. The molecule has 1 amide bonds. The number of carbonyl (C=O) groups excluding carboxylic acids is 1. The number of rotatable bonds is 6. The van der Waals surface area contributed by atoms with E-state index in [-0.39, 0.29) is 23.5 Å². The molecule has 0 radical (unpaired) electrons. The molecule has 1 heterocycles. The van der Waals surface area contributed by atoms with Gasteiger partial charge in [-0.2, -0.15) is 0 Å². The Morgan fingerprint density at radius 3 is 2.78 bits per heavy atom. The molecule has 2 rings (SSSR count). The molecular formula is C16H19ClFNO4. The summed E-state index contributed by atoms with van der Waals surface area (Å²) in [6.45, 7) is 1.25. The number of aliphatic carboxylic acids is 1. The van der Waals surface area contributed by atoms with Crippen LogP contribution in [-0.2, 0) is 14.3 Å². The van der Waals surface area contributed by atoms with E-state index in [1.807, 2.05) is 0 Å². The molecule has 1 aliphatic heterocycles. The minimum absolute atomic E-state index is 0.0260. The topological polar surface area (TPSA) is 66.8 Å². The maximum Gasteiger partial charge on any atom is 0.303 e. The Balaban J connectivity index is 1.89. The summed E-state index contributed by atoms with van der Waals surface area (Å²) in [5.41, 5.74) is 0.663. The average molecular weight is 344 g/mol. The first-order chi connectivity index (χ1) is 11.0. The lowest BCUT2D eigenvalue weighted by molar-refractivity contribution is -0.140. The molecule has 0 aliphatic carbocycles. The fourth-order valence-corrected chi connectivity index (χ4v) is 2.83. The molecule has 1 atom stereocenters. The van der Waals surface area contributed by atoms with Gasteiger partial charge in [0.1, 0.15) is 11.9 Å². The standard InChI is InChI=1S/C16H19ClFNO4/c17-13-9-11(18)5-6-12(13)14-10-19(7-8-23-14)15(20)3-1-2-4-16(21)22/h5-6,9,14H,1-4,7-8,10H2,(H,21,22). The Labute approximate surface area is 139 Å². The Kier molecular flexibility index (Phi) is 6.36. The first kappa shape index (κ1) is 17.7. The number of amides is 1. The average Bonchev–Trinajstić information content (AvgIpc) is 2.51. The molecule has 1 aromatic carbocycles. The van der Waals surface area contributed by atoms with E-state index in [2.05, 4.69) is 0 Å². The molecule has 23 heavy (non-hydrogen) atoms. The van der Waals surface area contributed by atoms with Crippen LogP contribution in [0.2, 0.25) is 5.02 Å². The Morgan fingerprint density at radius 1 is 1.35 bits per heavy atom. The quantitative estimate of drug-likeness (QED) is 0.806. The van der Waals surface area contributed by atoms with Crippen LogP contribution in [0.5, 0.6) is 0 Å². The lowest BCUT2D eigenvalue weighted by Gasteiger charge is -2.33. The zero-order valence-electron chi connectivity index (χ0n) is 12.6. The molecule has 1 N–H and O–H groups in total. The minimum atomic E-state index is -0.852. The van der Waals surface area contributed by atoms with Gasteiger partial charge in [0.15, 0.2) is 0 Å². The van der Waals surface area contributed by atoms with Crippen molar-refractivity contribution in [2.45, 2.75) is 31.8 Å². The van der Waals surface area contributed by atoms with Crippen LogP contribution in [-0.4, -0.2) is 41.6 Å². The van der Waals surface area contributed by atoms with Crippen LogP contribution in [0.3, 0.4) is 0 Å². The molecule has 0 spiro atoms. The smallest absolute Gasteiger partial charge is 0.303 e. The normalized spacial score (nSPS) is 18.0. The van der Waals surface area contributed by atoms with Gasteiger partial charge in [0.2, 0.25) is 5.91 Å². The van der Waals surface area contributed by atoms with Gasteiger partial charge in [-0.15, -0.1) is 0 Å². The van der Waals surface area contributed by atoms with Gasteiger partial charge in [-0.1, -0.05) is 17.7 Å². The number of hydrogen-bond donors (Lipinski definition) is 1. The number of halogens is 2. The van der Waals surface area contributed by atoms with Crippen molar-refractivity contribution in [2.75, 3.05) is 19.7 Å². The van der Waals surface area contributed by atoms with Crippen molar-refractivity contribution < 1.29 is 23.8 Å². The van der Waals surface area contributed by atoms with E-state index < -0.39 is 11.8 Å². The number of ether oxygens (including phenoxy) is 1. The fourth-order valence-electron chi connectivity index (χ4n) is 2.54. The Hall–Kier alpha value is -1.66. The van der Waals surface area contributed by atoms with Crippen LogP contribution in [0, 0.1) is 5.82 Å². The Bertz CT molecular complexity index is 581. The largest absolute Gasteiger partial charge is 0.481 e. The molecule has 1 aromatic rings. The number of unbranched alkanes of at least 4 members (excludes halogenated alkanes) is 1. The van der Waals surface area contributed by atoms with Crippen LogP contribution < -0.4 is 0 Å². The monoisotopic (exact) mass is 343 g/mol. The van der Waals surface area contributed by atoms with E-state index in [1.165, 1.54) is 12.1 Å². The summed E-state index contributed by atoms with van der Waals surface area (Å²) in [4.78, 5) is 24.3. The van der Waals surface area contributed by atoms with Crippen molar-refractivity contribution in [3.63, 3.8) is 0 Å². The predicted molar refractivity (Wildman–Crippen MR) is 82.8 cm³/mol. The summed E-state index contributed by atoms with van der Waals surface area (Å²) >= 11 is 6.04. The van der Waals surface area contributed by atoms with Gasteiger partial charge < -0.3 is 14.7 Å². The lowest BCUT2D eigenvalue weighted by Crippen LogP contribution is -2.42. The summed E-state index contributed by atoms with van der Waals surface area (Å²) in [6.07, 6.45) is 1.05. The molecular weight excluding hydrogens is 325 g/mol. The number of nitrogens with zero attached hydrogens (tertiary/aromatic N) is 1. The number of carbonyl (C=O) groups is 2. The molecule has 0 bridgehead atoms. The van der Waals surface area contributed by atoms with E-state index in [9.17, 15) is 14.0 Å². The lowest BCUT2D eigenvalue weighted by atomic mass is 10.1. The molecule has 126 valence electrons. The van der Waals surface area contributed by atoms with E-state index in [1.54, 1.807) is 11.0 Å². The molecule has 5 nitrogen and oxygen atoms in total. The van der Waals surface area contributed by atoms with E-state index in [4.69, 9.17) is 21.4 Å². The molecule has 1 fully saturated rings. The molecule has 1 unspecified atom stereocenters. The van der Waals surface area contributed by atoms with Gasteiger partial charge in [-0.05, 0) is 25.0 Å². The van der Waals surface area contributed by atoms with E-state index >= 15 is 0 Å². The number of morpholine rings is 1. The third-order valence-electron chi connectivity index (χ3n) is 3.76. The van der Waals surface area contributed by atoms with Gasteiger partial charge in [-0.25, -0.2) is 4.39 Å². The summed E-state index contributed by atoms with van der Waals surface area (Å²) in [6, 6.07) is 4.12. The second kappa shape index (κ2) is 8.26. The highest BCUT2D eigenvalue weighted by Crippen LogP contribution is 2.29. The highest BCUT2D eigenvalue weighted by Gasteiger charge is 2.26. The van der Waals surface area contributed by atoms with Gasteiger partial charge in [-0.3, -0.25) is 9.59 Å². The number of benzene rings is 1. The molecule has 1 aliphatic rings. The van der Waals surface area contributed by atoms with E-state index in [0.717, 1.165) is 0 Å². The Morgan fingerprint density at radius 2 is 2.09 bits per heavy atom. The van der Waals surface area contributed by atoms with Crippen LogP contribution in [0.25, 0.3) is 0 Å². The highest BCUT2D eigenvalue weighted by atomic mass is 35.5. The van der Waals surface area contributed by atoms with Gasteiger partial charge in [0.25, 0.3) is 0 Å². The molecule has 0 aromatic heterocycles. The number of carboxylic acid groups (broad SMARTS) is 1. The van der Waals surface area contributed by atoms with Crippen molar-refractivity contribution in [3.8, 4) is 0 Å². The van der Waals surface area contributed by atoms with Crippen molar-refractivity contribution in [2.24, 2.45) is 0 Å². The minimum Gasteiger partial charge on any atom is -0.481 e. The van der Waals surface area contributed by atoms with E-state index in [0.29, 0.717) is 44.5 Å². The van der Waals surface area contributed by atoms with Gasteiger partial charge >= 0.3 is 5.97 Å². The van der Waals surface area contributed by atoms with Crippen molar-refractivity contribution in [3.05, 3.63) is 34.6 Å². The van der Waals surface area contributed by atoms with Crippen LogP contribution in [0.15, 0.2) is 18.2 Å². The van der Waals surface area contributed by atoms with Crippen molar-refractivity contribution in [1.29, 1.82) is 0 Å². The zero-order valence-corrected chi connectivity index (χ0v) is 13.4. The second-order valence-electron chi connectivity index (χ2n) is 5.47. The molecule has 7 heteroatoms. The molecule has 1 saturated heterocycles. The highest BCUT2D eigenvalue weighted by molar-refractivity contribution is 6.31. The zero-order chi connectivity index (χ0) is 16.8. The third-order valence-corrected chi connectivity index (χ3v) is 4.09. The summed E-state index contributed by atoms with van der Waals surface area (Å²) < 4.78 is 18.8. The predicted octanol–water partition coefficient (Wildman–Crippen LogP) is 3.02. The molecule has 0 saturated carbocycles. The summed E-state index contributed by atoms with van der Waals surface area (Å²) in [5.74, 6) is -1.29. The first-order valence-electron chi connectivity index (χ1n) is 7.53. The third kappa shape index (κ3) is 5.18. The maximum absolute atomic E-state index is 13.1. The fraction of sp³-hybridized carbons (Fsp3) is 0.500. The van der Waals surface area contributed by atoms with Crippen LogP contribution in [0.1, 0.15) is 37.4 Å². The SMILES string of the molecule is O=C(O)CCCCC(=O)N1CCOC(c2ccc(F)cc2Cl)C1. The maximum atomic E-state index is 13.1. The summed E-state index contributed by atoms with van der Waals surface area (Å²) in [5, 5.41) is 8.87. The van der Waals surface area contributed by atoms with Crippen molar-refractivity contribution in [1.82, 2.24) is 4.90 Å². The number of hydrogen-bond acceptors (Lipinski definition) is 3. The van der Waals surface area contributed by atoms with Gasteiger partial charge in [0, 0.05) is 30.0 Å².